The first-order valence-corrected chi connectivity index (χ1v) is 19.5. The van der Waals surface area contributed by atoms with Crippen molar-refractivity contribution < 1.29 is 38.6 Å². The summed E-state index contributed by atoms with van der Waals surface area (Å²) in [5, 5.41) is 13.0. The Labute approximate surface area is 318 Å². The summed E-state index contributed by atoms with van der Waals surface area (Å²) in [6, 6.07) is 12.4. The summed E-state index contributed by atoms with van der Waals surface area (Å²) in [5.74, 6) is 0.189. The van der Waals surface area contributed by atoms with E-state index in [1.165, 1.54) is 6.07 Å². The van der Waals surface area contributed by atoms with E-state index in [0.29, 0.717) is 82.7 Å². The van der Waals surface area contributed by atoms with Gasteiger partial charge in [0.15, 0.2) is 6.10 Å². The number of urea groups is 1. The van der Waals surface area contributed by atoms with Crippen LogP contribution in [0.2, 0.25) is 0 Å². The van der Waals surface area contributed by atoms with Crippen LogP contribution in [0, 0.1) is 11.8 Å². The van der Waals surface area contributed by atoms with Crippen molar-refractivity contribution in [2.75, 3.05) is 57.7 Å². The largest absolute Gasteiger partial charge is 0.509 e. The lowest BCUT2D eigenvalue weighted by Crippen LogP contribution is -2.52. The summed E-state index contributed by atoms with van der Waals surface area (Å²) in [5.41, 5.74) is 2.78. The summed E-state index contributed by atoms with van der Waals surface area (Å²) < 4.78 is 10.9. The van der Waals surface area contributed by atoms with Crippen LogP contribution in [-0.4, -0.2) is 127 Å². The number of benzene rings is 2. The van der Waals surface area contributed by atoms with E-state index in [1.54, 1.807) is 28.9 Å². The molecular weight excluding hydrogens is 689 g/mol. The number of likely N-dealkylation sites (tertiary alicyclic amines) is 3. The van der Waals surface area contributed by atoms with Crippen molar-refractivity contribution in [3.05, 3.63) is 53.6 Å². The summed E-state index contributed by atoms with van der Waals surface area (Å²) in [6.07, 6.45) is 4.10. The summed E-state index contributed by atoms with van der Waals surface area (Å²) in [7, 11) is 5.97. The number of esters is 1. The molecule has 0 unspecified atom stereocenters. The molecule has 3 saturated heterocycles. The average Bonchev–Trinajstić information content (AvgIpc) is 3.36. The molecule has 0 saturated carbocycles. The first-order chi connectivity index (χ1) is 26.1. The second-order valence-corrected chi connectivity index (χ2v) is 14.9. The van der Waals surface area contributed by atoms with Crippen molar-refractivity contribution in [2.45, 2.75) is 83.3 Å². The number of piperidine rings is 3. The first kappa shape index (κ1) is 39.0. The van der Waals surface area contributed by atoms with Crippen molar-refractivity contribution in [2.24, 2.45) is 11.8 Å². The first-order valence-electron chi connectivity index (χ1n) is 19.5. The Hall–Kier alpha value is -4.75. The summed E-state index contributed by atoms with van der Waals surface area (Å²) in [6.45, 7) is 5.86. The van der Waals surface area contributed by atoms with Crippen LogP contribution < -0.4 is 10.8 Å². The van der Waals surface area contributed by atoms with E-state index in [9.17, 15) is 29.1 Å². The third kappa shape index (κ3) is 9.67. The maximum Gasteiger partial charge on any atom is 0.410 e. The molecular formula is C40H52BN5O8. The van der Waals surface area contributed by atoms with E-state index in [0.717, 1.165) is 43.4 Å². The highest BCUT2D eigenvalue weighted by Crippen LogP contribution is 2.33. The third-order valence-corrected chi connectivity index (χ3v) is 11.6. The molecule has 2 radical (unpaired) electrons. The Kier molecular flexibility index (Phi) is 13.0. The number of hydrogen-bond acceptors (Lipinski definition) is 8. The number of phenols is 1. The number of amides is 5. The highest BCUT2D eigenvalue weighted by atomic mass is 16.6. The number of rotatable bonds is 10. The van der Waals surface area contributed by atoms with Crippen LogP contribution in [0.1, 0.15) is 69.4 Å². The lowest BCUT2D eigenvalue weighted by Gasteiger charge is -2.41. The average molecular weight is 742 g/mol. The molecule has 13 nitrogen and oxygen atoms in total. The zero-order chi connectivity index (χ0) is 38.2. The fourth-order valence-corrected chi connectivity index (χ4v) is 8.43. The van der Waals surface area contributed by atoms with Crippen LogP contribution >= 0.6 is 0 Å². The predicted molar refractivity (Wildman–Crippen MR) is 202 cm³/mol. The van der Waals surface area contributed by atoms with Gasteiger partial charge in [-0.15, -0.1) is 0 Å². The minimum Gasteiger partial charge on any atom is -0.509 e. The second kappa shape index (κ2) is 18.1. The van der Waals surface area contributed by atoms with Crippen molar-refractivity contribution >= 4 is 48.9 Å². The Bertz CT molecular complexity index is 1670. The Morgan fingerprint density at radius 2 is 1.50 bits per heavy atom. The van der Waals surface area contributed by atoms with Gasteiger partial charge in [-0.1, -0.05) is 35.8 Å². The van der Waals surface area contributed by atoms with Crippen molar-refractivity contribution in [1.82, 2.24) is 19.6 Å². The number of nitrogens with zero attached hydrogens (tertiary/aromatic N) is 4. The van der Waals surface area contributed by atoms with E-state index >= 15 is 0 Å². The molecule has 54 heavy (non-hydrogen) atoms. The van der Waals surface area contributed by atoms with Gasteiger partial charge in [-0.2, -0.15) is 0 Å². The van der Waals surface area contributed by atoms with E-state index < -0.39 is 12.2 Å². The number of anilines is 1. The van der Waals surface area contributed by atoms with Crippen LogP contribution in [-0.2, 0) is 36.7 Å². The van der Waals surface area contributed by atoms with Crippen molar-refractivity contribution in [3.8, 4) is 5.75 Å². The molecule has 2 aromatic rings. The fourth-order valence-electron chi connectivity index (χ4n) is 8.43. The molecule has 2 aromatic carbocycles. The number of carbonyl (C=O) groups excluding carboxylic acids is 5. The molecule has 288 valence electrons. The molecule has 1 atom stereocenters. The van der Waals surface area contributed by atoms with E-state index in [2.05, 4.69) is 5.32 Å². The van der Waals surface area contributed by atoms with Gasteiger partial charge in [-0.25, -0.2) is 9.59 Å². The highest BCUT2D eigenvalue weighted by molar-refractivity contribution is 6.34. The van der Waals surface area contributed by atoms with Crippen LogP contribution in [0.5, 0.6) is 5.75 Å². The number of ether oxygens (including phenoxy) is 2. The molecule has 0 aromatic heterocycles. The highest BCUT2D eigenvalue weighted by Gasteiger charge is 2.37. The van der Waals surface area contributed by atoms with Crippen molar-refractivity contribution in [1.29, 1.82) is 0 Å². The Morgan fingerprint density at radius 3 is 2.17 bits per heavy atom. The SMILES string of the molecule is [B]c1cc(C[C@@H](OC(=O)N2CCC(N3CCc4ccccc4NC3=O)CC2)C(=O)N2CCC(C3CCN(C(=O)CCC(=O)OCC)CC3)CC2)ccc1O. The van der Waals surface area contributed by atoms with E-state index in [4.69, 9.17) is 17.3 Å². The predicted octanol–water partition coefficient (Wildman–Crippen LogP) is 3.61. The summed E-state index contributed by atoms with van der Waals surface area (Å²) >= 11 is 0. The van der Waals surface area contributed by atoms with Crippen LogP contribution in [0.15, 0.2) is 42.5 Å². The lowest BCUT2D eigenvalue weighted by atomic mass is 9.78. The molecule has 4 aliphatic rings. The maximum absolute atomic E-state index is 14.1. The topological polar surface area (TPSA) is 149 Å². The van der Waals surface area contributed by atoms with E-state index in [1.807, 2.05) is 34.1 Å². The molecule has 0 aliphatic carbocycles. The molecule has 4 aliphatic heterocycles. The Balaban J connectivity index is 1.01. The Morgan fingerprint density at radius 1 is 0.852 bits per heavy atom. The number of fused-ring (bicyclic) bond motifs is 1. The van der Waals surface area contributed by atoms with Gasteiger partial charge >= 0.3 is 18.1 Å². The van der Waals surface area contributed by atoms with Gasteiger partial charge in [0.05, 0.1) is 13.0 Å². The molecule has 0 bridgehead atoms. The van der Waals surface area contributed by atoms with Gasteiger partial charge in [0, 0.05) is 70.4 Å². The monoisotopic (exact) mass is 741 g/mol. The molecule has 5 amide bonds. The van der Waals surface area contributed by atoms with Gasteiger partial charge in [-0.05, 0) is 87.0 Å². The minimum absolute atomic E-state index is 0.0154. The van der Waals surface area contributed by atoms with Gasteiger partial charge < -0.3 is 39.5 Å². The number of hydrogen-bond donors (Lipinski definition) is 2. The van der Waals surface area contributed by atoms with Crippen molar-refractivity contribution in [3.63, 3.8) is 0 Å². The van der Waals surface area contributed by atoms with Gasteiger partial charge in [0.1, 0.15) is 13.6 Å². The fraction of sp³-hybridized carbons (Fsp3) is 0.575. The molecule has 14 heteroatoms. The molecule has 4 heterocycles. The molecule has 6 rings (SSSR count). The quantitative estimate of drug-likeness (QED) is 0.277. The zero-order valence-electron chi connectivity index (χ0n) is 31.2. The van der Waals surface area contributed by atoms with Gasteiger partial charge in [0.25, 0.3) is 5.91 Å². The standard InChI is InChI=1S/C40H52BN5O8/c1-2-53-37(49)10-9-36(48)43-18-11-28(12-19-43)29-13-20-44(21-14-29)38(50)35(26-27-7-8-34(47)32(41)25-27)54-40(52)45-22-16-31(17-23-45)46-24-15-30-5-3-4-6-33(30)42-39(46)51/h3-8,25,28-29,31,35,47H,2,9-24,26H2,1H3,(H,42,51)/t35-/m1/s1. The second-order valence-electron chi connectivity index (χ2n) is 14.9. The number of aromatic hydroxyl groups is 1. The molecule has 3 fully saturated rings. The normalized spacial score (nSPS) is 19.4. The van der Waals surface area contributed by atoms with Crippen LogP contribution in [0.4, 0.5) is 15.3 Å². The van der Waals surface area contributed by atoms with Crippen LogP contribution in [0.3, 0.4) is 0 Å². The third-order valence-electron chi connectivity index (χ3n) is 11.6. The molecule has 2 N–H and O–H groups in total. The number of phenolic OH excluding ortho intramolecular Hbond substituents is 1. The smallest absolute Gasteiger partial charge is 0.410 e. The number of para-hydroxylation sites is 1. The van der Waals surface area contributed by atoms with E-state index in [-0.39, 0.29) is 60.3 Å². The summed E-state index contributed by atoms with van der Waals surface area (Å²) in [4.78, 5) is 72.2. The van der Waals surface area contributed by atoms with Crippen LogP contribution in [0.25, 0.3) is 0 Å². The number of carbonyl (C=O) groups is 5. The molecule has 0 spiro atoms. The lowest BCUT2D eigenvalue weighted by molar-refractivity contribution is -0.146. The minimum atomic E-state index is -1.07. The zero-order valence-corrected chi connectivity index (χ0v) is 31.2. The number of nitrogens with one attached hydrogen (secondary N) is 1. The van der Waals surface area contributed by atoms with Gasteiger partial charge in [-0.3, -0.25) is 14.4 Å². The van der Waals surface area contributed by atoms with Gasteiger partial charge in [0.2, 0.25) is 5.91 Å². The maximum atomic E-state index is 14.1.